The molecule has 82 valence electrons. The van der Waals surface area contributed by atoms with Crippen LogP contribution in [0, 0.1) is 0 Å². The Balaban J connectivity index is 2.37. The first-order chi connectivity index (χ1) is 7.53. The second-order valence-corrected chi connectivity index (χ2v) is 3.57. The topological polar surface area (TPSA) is 52.6 Å². The number of carbonyl (C=O) groups excluding carboxylic acids is 2. The lowest BCUT2D eigenvalue weighted by Crippen LogP contribution is -2.41. The second kappa shape index (κ2) is 3.48. The van der Waals surface area contributed by atoms with Crippen LogP contribution in [0.2, 0.25) is 0 Å². The molecule has 0 aliphatic carbocycles. The van der Waals surface area contributed by atoms with Crippen molar-refractivity contribution in [3.63, 3.8) is 0 Å². The number of hydrogen-bond acceptors (Lipinski definition) is 4. The van der Waals surface area contributed by atoms with Crippen LogP contribution < -0.4 is 0 Å². The number of hydrogen-bond donors (Lipinski definition) is 0. The minimum Gasteiger partial charge on any atom is -0.414 e. The molecule has 1 aliphatic heterocycles. The molecule has 0 atom stereocenters. The van der Waals surface area contributed by atoms with Gasteiger partial charge in [-0.05, 0) is 0 Å². The maximum atomic E-state index is 11.4. The number of rotatable bonds is 1. The first kappa shape index (κ1) is 10.4. The van der Waals surface area contributed by atoms with E-state index < -0.39 is 17.7 Å². The Bertz CT molecular complexity index is 441. The molecule has 1 fully saturated rings. The third kappa shape index (κ3) is 1.58. The lowest BCUT2D eigenvalue weighted by Gasteiger charge is -2.33. The van der Waals surface area contributed by atoms with E-state index in [1.165, 1.54) is 6.92 Å². The Morgan fingerprint density at radius 1 is 1.06 bits per heavy atom. The monoisotopic (exact) mass is 218 g/mol. The normalized spacial score (nSPS) is 18.9. The number of cyclic esters (lactones) is 2. The lowest BCUT2D eigenvalue weighted by atomic mass is 10.1. The summed E-state index contributed by atoms with van der Waals surface area (Å²) in [5, 5.41) is 0. The average Bonchev–Trinajstić information content (AvgIpc) is 2.27. The van der Waals surface area contributed by atoms with E-state index in [9.17, 15) is 9.59 Å². The molecule has 0 aromatic heterocycles. The summed E-state index contributed by atoms with van der Waals surface area (Å²) < 4.78 is 10.1. The molecule has 1 heterocycles. The van der Waals surface area contributed by atoms with Crippen LogP contribution in [0.1, 0.15) is 12.5 Å². The zero-order chi connectivity index (χ0) is 11.8. The van der Waals surface area contributed by atoms with Crippen LogP contribution in [0.5, 0.6) is 0 Å². The summed E-state index contributed by atoms with van der Waals surface area (Å²) in [5.74, 6) is -2.86. The Morgan fingerprint density at radius 2 is 1.56 bits per heavy atom. The molecule has 1 aromatic rings. The second-order valence-electron chi connectivity index (χ2n) is 3.57. The van der Waals surface area contributed by atoms with Crippen molar-refractivity contribution >= 4 is 11.9 Å². The van der Waals surface area contributed by atoms with Crippen LogP contribution in [-0.2, 0) is 24.8 Å². The number of ether oxygens (including phenoxy) is 2. The molecule has 0 saturated carbocycles. The zero-order valence-electron chi connectivity index (χ0n) is 8.73. The molecule has 0 radical (unpaired) electrons. The smallest absolute Gasteiger partial charge is 0.348 e. The predicted octanol–water partition coefficient (Wildman–Crippen LogP) is 1.52. The van der Waals surface area contributed by atoms with Gasteiger partial charge in [0, 0.05) is 12.5 Å². The van der Waals surface area contributed by atoms with Gasteiger partial charge < -0.3 is 9.47 Å². The summed E-state index contributed by atoms with van der Waals surface area (Å²) in [6.45, 7) is 4.80. The third-order valence-corrected chi connectivity index (χ3v) is 2.37. The fourth-order valence-corrected chi connectivity index (χ4v) is 1.44. The molecule has 4 nitrogen and oxygen atoms in total. The van der Waals surface area contributed by atoms with Gasteiger partial charge in [-0.25, -0.2) is 9.59 Å². The van der Waals surface area contributed by atoms with Gasteiger partial charge in [-0.15, -0.1) is 0 Å². The molecular weight excluding hydrogens is 208 g/mol. The van der Waals surface area contributed by atoms with E-state index in [0.717, 1.165) is 0 Å². The number of esters is 2. The molecule has 1 aliphatic rings. The number of carbonyl (C=O) groups is 2. The highest BCUT2D eigenvalue weighted by molar-refractivity contribution is 6.14. The summed E-state index contributed by atoms with van der Waals surface area (Å²) in [4.78, 5) is 22.7. The van der Waals surface area contributed by atoms with E-state index in [1.54, 1.807) is 24.3 Å². The van der Waals surface area contributed by atoms with Crippen molar-refractivity contribution in [2.24, 2.45) is 0 Å². The summed E-state index contributed by atoms with van der Waals surface area (Å²) >= 11 is 0. The van der Waals surface area contributed by atoms with Gasteiger partial charge in [0.15, 0.2) is 0 Å². The van der Waals surface area contributed by atoms with Crippen molar-refractivity contribution < 1.29 is 19.1 Å². The van der Waals surface area contributed by atoms with Gasteiger partial charge in [-0.1, -0.05) is 36.9 Å². The molecule has 0 unspecified atom stereocenters. The van der Waals surface area contributed by atoms with Crippen molar-refractivity contribution in [2.75, 3.05) is 0 Å². The van der Waals surface area contributed by atoms with E-state index in [1.807, 2.05) is 6.07 Å². The molecule has 16 heavy (non-hydrogen) atoms. The zero-order valence-corrected chi connectivity index (χ0v) is 8.73. The minimum absolute atomic E-state index is 0.284. The summed E-state index contributed by atoms with van der Waals surface area (Å²) in [7, 11) is 0. The van der Waals surface area contributed by atoms with Gasteiger partial charge in [0.2, 0.25) is 0 Å². The van der Waals surface area contributed by atoms with Crippen LogP contribution in [0.4, 0.5) is 0 Å². The molecule has 4 heteroatoms. The molecule has 0 bridgehead atoms. The Hall–Kier alpha value is -2.10. The molecule has 2 rings (SSSR count). The fraction of sp³-hybridized carbons (Fsp3) is 0.167. The van der Waals surface area contributed by atoms with Gasteiger partial charge in [-0.2, -0.15) is 0 Å². The molecule has 1 saturated heterocycles. The quantitative estimate of drug-likeness (QED) is 0.407. The number of benzene rings is 1. The third-order valence-electron chi connectivity index (χ3n) is 2.37. The first-order valence-electron chi connectivity index (χ1n) is 4.74. The van der Waals surface area contributed by atoms with Crippen LogP contribution in [-0.4, -0.2) is 11.9 Å². The summed E-state index contributed by atoms with van der Waals surface area (Å²) in [6.07, 6.45) is 0. The van der Waals surface area contributed by atoms with Crippen LogP contribution in [0.25, 0.3) is 0 Å². The average molecular weight is 218 g/mol. The Kier molecular flexibility index (Phi) is 2.27. The highest BCUT2D eigenvalue weighted by atomic mass is 16.7. The van der Waals surface area contributed by atoms with Crippen LogP contribution in [0.3, 0.4) is 0 Å². The van der Waals surface area contributed by atoms with Gasteiger partial charge in [0.25, 0.3) is 5.79 Å². The molecule has 0 spiro atoms. The van der Waals surface area contributed by atoms with E-state index in [-0.39, 0.29) is 5.57 Å². The van der Waals surface area contributed by atoms with Crippen molar-refractivity contribution in [3.05, 3.63) is 48.0 Å². The summed E-state index contributed by atoms with van der Waals surface area (Å²) in [5.41, 5.74) is 0.317. The largest absolute Gasteiger partial charge is 0.414 e. The van der Waals surface area contributed by atoms with Crippen molar-refractivity contribution in [2.45, 2.75) is 12.7 Å². The van der Waals surface area contributed by atoms with Gasteiger partial charge in [-0.3, -0.25) is 0 Å². The van der Waals surface area contributed by atoms with Crippen molar-refractivity contribution in [3.8, 4) is 0 Å². The van der Waals surface area contributed by atoms with Gasteiger partial charge >= 0.3 is 11.9 Å². The van der Waals surface area contributed by atoms with Gasteiger partial charge in [0.1, 0.15) is 5.57 Å². The molecule has 1 aromatic carbocycles. The SMILES string of the molecule is C=C1C(=O)OC(C)(c2ccccc2)OC1=O. The van der Waals surface area contributed by atoms with E-state index in [0.29, 0.717) is 5.56 Å². The maximum absolute atomic E-state index is 11.4. The Labute approximate surface area is 92.5 Å². The molecular formula is C12H10O4. The van der Waals surface area contributed by atoms with Crippen molar-refractivity contribution in [1.82, 2.24) is 0 Å². The van der Waals surface area contributed by atoms with Crippen LogP contribution >= 0.6 is 0 Å². The highest BCUT2D eigenvalue weighted by Gasteiger charge is 2.42. The molecule has 0 amide bonds. The fourth-order valence-electron chi connectivity index (χ4n) is 1.44. The standard InChI is InChI=1S/C12H10O4/c1-8-10(13)15-12(2,16-11(8)14)9-6-4-3-5-7-9/h3-7H,1H2,2H3. The van der Waals surface area contributed by atoms with E-state index >= 15 is 0 Å². The van der Waals surface area contributed by atoms with E-state index in [4.69, 9.17) is 9.47 Å². The van der Waals surface area contributed by atoms with Crippen molar-refractivity contribution in [1.29, 1.82) is 0 Å². The minimum atomic E-state index is -1.36. The van der Waals surface area contributed by atoms with Gasteiger partial charge in [0.05, 0.1) is 0 Å². The molecule has 0 N–H and O–H groups in total. The van der Waals surface area contributed by atoms with Crippen LogP contribution in [0.15, 0.2) is 42.5 Å². The lowest BCUT2D eigenvalue weighted by molar-refractivity contribution is -0.233. The Morgan fingerprint density at radius 3 is 2.06 bits per heavy atom. The first-order valence-corrected chi connectivity index (χ1v) is 4.74. The summed E-state index contributed by atoms with van der Waals surface area (Å²) in [6, 6.07) is 8.79. The highest BCUT2D eigenvalue weighted by Crippen LogP contribution is 2.32. The predicted molar refractivity (Wildman–Crippen MR) is 55.1 cm³/mol. The van der Waals surface area contributed by atoms with E-state index in [2.05, 4.69) is 6.58 Å². The maximum Gasteiger partial charge on any atom is 0.348 e.